The summed E-state index contributed by atoms with van der Waals surface area (Å²) in [5.74, 6) is 2.39. The summed E-state index contributed by atoms with van der Waals surface area (Å²) in [5, 5.41) is 0.140. The molecule has 0 bridgehead atoms. The Labute approximate surface area is 135 Å². The Morgan fingerprint density at radius 3 is 2.14 bits per heavy atom. The van der Waals surface area contributed by atoms with Crippen molar-refractivity contribution in [2.24, 2.45) is 17.3 Å². The van der Waals surface area contributed by atoms with Gasteiger partial charge in [-0.1, -0.05) is 32.9 Å². The molecule has 2 heteroatoms. The Kier molecular flexibility index (Phi) is 5.60. The first-order valence-corrected chi connectivity index (χ1v) is 8.72. The number of hydrogen-bond acceptors (Lipinski definition) is 1. The Balaban J connectivity index is 1.93. The minimum Gasteiger partial charge on any atom is -0.494 e. The lowest BCUT2D eigenvalue weighted by Crippen LogP contribution is -2.27. The summed E-state index contributed by atoms with van der Waals surface area (Å²) in [7, 11) is 0. The van der Waals surface area contributed by atoms with E-state index in [-0.39, 0.29) is 5.38 Å². The maximum Gasteiger partial charge on any atom is 0.119 e. The van der Waals surface area contributed by atoms with Crippen molar-refractivity contribution in [3.05, 3.63) is 29.8 Å². The highest BCUT2D eigenvalue weighted by Crippen LogP contribution is 2.45. The molecule has 0 N–H and O–H groups in total. The van der Waals surface area contributed by atoms with Crippen LogP contribution >= 0.6 is 11.6 Å². The summed E-state index contributed by atoms with van der Waals surface area (Å²) in [6, 6.07) is 8.32. The van der Waals surface area contributed by atoms with Crippen LogP contribution in [0.25, 0.3) is 0 Å². The van der Waals surface area contributed by atoms with Crippen molar-refractivity contribution in [3.63, 3.8) is 0 Å². The molecule has 0 radical (unpaired) electrons. The molecule has 1 unspecified atom stereocenters. The van der Waals surface area contributed by atoms with Crippen LogP contribution < -0.4 is 4.74 Å². The fraction of sp³-hybridized carbons (Fsp3) is 0.684. The molecule has 0 spiro atoms. The van der Waals surface area contributed by atoms with Crippen molar-refractivity contribution >= 4 is 11.6 Å². The van der Waals surface area contributed by atoms with Crippen LogP contribution in [0.3, 0.4) is 0 Å². The topological polar surface area (TPSA) is 9.23 Å². The Hall–Kier alpha value is -0.690. The number of benzene rings is 1. The van der Waals surface area contributed by atoms with Crippen LogP contribution in [-0.4, -0.2) is 6.61 Å². The zero-order chi connectivity index (χ0) is 15.5. The van der Waals surface area contributed by atoms with Gasteiger partial charge in [0.1, 0.15) is 5.75 Å². The second-order valence-electron chi connectivity index (χ2n) is 7.38. The SMILES string of the molecule is CCOc1ccc(C(Cl)C2CCC(C(C)(C)C)CC2)cc1. The van der Waals surface area contributed by atoms with E-state index in [4.69, 9.17) is 16.3 Å². The molecule has 21 heavy (non-hydrogen) atoms. The predicted molar refractivity (Wildman–Crippen MR) is 91.1 cm³/mol. The molecule has 0 amide bonds. The average molecular weight is 309 g/mol. The summed E-state index contributed by atoms with van der Waals surface area (Å²) in [5.41, 5.74) is 1.67. The molecule has 0 saturated heterocycles. The van der Waals surface area contributed by atoms with Crippen LogP contribution in [0.1, 0.15) is 64.3 Å². The summed E-state index contributed by atoms with van der Waals surface area (Å²) < 4.78 is 5.49. The minimum atomic E-state index is 0.140. The van der Waals surface area contributed by atoms with Gasteiger partial charge in [-0.3, -0.25) is 0 Å². The number of ether oxygens (including phenoxy) is 1. The lowest BCUT2D eigenvalue weighted by Gasteiger charge is -2.38. The van der Waals surface area contributed by atoms with Gasteiger partial charge >= 0.3 is 0 Å². The average Bonchev–Trinajstić information content (AvgIpc) is 2.47. The molecule has 1 atom stereocenters. The fourth-order valence-corrected chi connectivity index (χ4v) is 3.86. The monoisotopic (exact) mass is 308 g/mol. The van der Waals surface area contributed by atoms with E-state index in [1.54, 1.807) is 0 Å². The summed E-state index contributed by atoms with van der Waals surface area (Å²) in [6.07, 6.45) is 5.13. The van der Waals surface area contributed by atoms with E-state index in [0.29, 0.717) is 17.9 Å². The molecule has 0 aliphatic heterocycles. The van der Waals surface area contributed by atoms with Gasteiger partial charge < -0.3 is 4.74 Å². The van der Waals surface area contributed by atoms with Crippen LogP contribution in [0, 0.1) is 17.3 Å². The van der Waals surface area contributed by atoms with Crippen LogP contribution in [0.15, 0.2) is 24.3 Å². The molecule has 1 saturated carbocycles. The Bertz CT molecular complexity index is 424. The van der Waals surface area contributed by atoms with Crippen molar-refractivity contribution in [3.8, 4) is 5.75 Å². The van der Waals surface area contributed by atoms with Gasteiger partial charge in [-0.25, -0.2) is 0 Å². The molecule has 1 nitrogen and oxygen atoms in total. The van der Waals surface area contributed by atoms with E-state index in [1.165, 1.54) is 31.2 Å². The first-order valence-electron chi connectivity index (χ1n) is 8.28. The lowest BCUT2D eigenvalue weighted by molar-refractivity contribution is 0.148. The summed E-state index contributed by atoms with van der Waals surface area (Å²) in [6.45, 7) is 9.81. The van der Waals surface area contributed by atoms with Crippen LogP contribution in [0.5, 0.6) is 5.75 Å². The van der Waals surface area contributed by atoms with E-state index < -0.39 is 0 Å². The van der Waals surface area contributed by atoms with E-state index in [2.05, 4.69) is 32.9 Å². The van der Waals surface area contributed by atoms with Crippen molar-refractivity contribution in [1.82, 2.24) is 0 Å². The van der Waals surface area contributed by atoms with E-state index in [1.807, 2.05) is 19.1 Å². The van der Waals surface area contributed by atoms with Gasteiger partial charge in [0.15, 0.2) is 0 Å². The van der Waals surface area contributed by atoms with E-state index in [9.17, 15) is 0 Å². The van der Waals surface area contributed by atoms with Gasteiger partial charge in [-0.05, 0) is 67.6 Å². The summed E-state index contributed by atoms with van der Waals surface area (Å²) >= 11 is 6.74. The number of alkyl halides is 1. The first kappa shape index (κ1) is 16.7. The molecule has 2 rings (SSSR count). The molecular formula is C19H29ClO. The number of rotatable bonds is 4. The quantitative estimate of drug-likeness (QED) is 0.600. The van der Waals surface area contributed by atoms with Gasteiger partial charge in [0, 0.05) is 0 Å². The largest absolute Gasteiger partial charge is 0.494 e. The van der Waals surface area contributed by atoms with Gasteiger partial charge in [-0.15, -0.1) is 11.6 Å². The third-order valence-corrected chi connectivity index (χ3v) is 5.53. The van der Waals surface area contributed by atoms with Gasteiger partial charge in [0.05, 0.1) is 12.0 Å². The second kappa shape index (κ2) is 7.05. The second-order valence-corrected chi connectivity index (χ2v) is 7.85. The fourth-order valence-electron chi connectivity index (χ4n) is 3.46. The van der Waals surface area contributed by atoms with Crippen molar-refractivity contribution in [2.75, 3.05) is 6.61 Å². The van der Waals surface area contributed by atoms with Crippen LogP contribution in [0.2, 0.25) is 0 Å². The molecule has 1 fully saturated rings. The van der Waals surface area contributed by atoms with Crippen LogP contribution in [-0.2, 0) is 0 Å². The highest BCUT2D eigenvalue weighted by atomic mass is 35.5. The number of halogens is 1. The van der Waals surface area contributed by atoms with Crippen LogP contribution in [0.4, 0.5) is 0 Å². The summed E-state index contributed by atoms with van der Waals surface area (Å²) in [4.78, 5) is 0. The molecule has 0 heterocycles. The highest BCUT2D eigenvalue weighted by Gasteiger charge is 2.32. The van der Waals surface area contributed by atoms with Gasteiger partial charge in [-0.2, -0.15) is 0 Å². The molecular weight excluding hydrogens is 280 g/mol. The molecule has 1 aliphatic carbocycles. The highest BCUT2D eigenvalue weighted by molar-refractivity contribution is 6.21. The van der Waals surface area contributed by atoms with Crippen molar-refractivity contribution in [2.45, 2.75) is 58.8 Å². The first-order chi connectivity index (χ1) is 9.91. The predicted octanol–water partition coefficient (Wildman–Crippen LogP) is 6.22. The zero-order valence-corrected chi connectivity index (χ0v) is 14.6. The minimum absolute atomic E-state index is 0.140. The lowest BCUT2D eigenvalue weighted by atomic mass is 9.69. The van der Waals surface area contributed by atoms with Gasteiger partial charge in [0.2, 0.25) is 0 Å². The smallest absolute Gasteiger partial charge is 0.119 e. The third kappa shape index (κ3) is 4.39. The maximum atomic E-state index is 6.74. The molecule has 1 aromatic carbocycles. The van der Waals surface area contributed by atoms with E-state index in [0.717, 1.165) is 11.7 Å². The molecule has 0 aromatic heterocycles. The van der Waals surface area contributed by atoms with Crippen molar-refractivity contribution < 1.29 is 4.74 Å². The van der Waals surface area contributed by atoms with Gasteiger partial charge in [0.25, 0.3) is 0 Å². The normalized spacial score (nSPS) is 24.6. The molecule has 1 aliphatic rings. The van der Waals surface area contributed by atoms with E-state index >= 15 is 0 Å². The zero-order valence-electron chi connectivity index (χ0n) is 13.9. The Morgan fingerprint density at radius 1 is 1.10 bits per heavy atom. The van der Waals surface area contributed by atoms with Crippen molar-refractivity contribution in [1.29, 1.82) is 0 Å². The Morgan fingerprint density at radius 2 is 1.67 bits per heavy atom. The standard InChI is InChI=1S/C19H29ClO/c1-5-21-17-12-8-15(9-13-17)18(20)14-6-10-16(11-7-14)19(2,3)4/h8-9,12-14,16,18H,5-7,10-11H2,1-4H3. The third-order valence-electron chi connectivity index (χ3n) is 4.92. The molecule has 1 aromatic rings. The number of hydrogen-bond donors (Lipinski definition) is 0. The maximum absolute atomic E-state index is 6.74. The molecule has 118 valence electrons.